The number of aromatic nitrogens is 2. The zero-order chi connectivity index (χ0) is 15.4. The van der Waals surface area contributed by atoms with Gasteiger partial charge in [0.1, 0.15) is 0 Å². The van der Waals surface area contributed by atoms with Crippen LogP contribution >= 0.6 is 0 Å². The van der Waals surface area contributed by atoms with Crippen molar-refractivity contribution in [1.29, 1.82) is 0 Å². The average molecular weight is 305 g/mol. The van der Waals surface area contributed by atoms with Gasteiger partial charge in [0.2, 0.25) is 5.95 Å². The van der Waals surface area contributed by atoms with Crippen LogP contribution in [-0.4, -0.2) is 84.3 Å². The molecular weight excluding hydrogens is 278 g/mol. The number of hydrogen-bond acceptors (Lipinski definition) is 6. The van der Waals surface area contributed by atoms with Crippen LogP contribution in [0.1, 0.15) is 6.42 Å². The number of nitrogens with zero attached hydrogens (tertiary/aromatic N) is 5. The number of anilines is 1. The number of aliphatic hydroxyl groups is 1. The molecule has 0 unspecified atom stereocenters. The molecule has 0 saturated carbocycles. The van der Waals surface area contributed by atoms with E-state index in [-0.39, 0.29) is 6.61 Å². The summed E-state index contributed by atoms with van der Waals surface area (Å²) in [6.07, 6.45) is 4.81. The molecule has 22 heavy (non-hydrogen) atoms. The molecule has 2 atom stereocenters. The second kappa shape index (κ2) is 7.35. The van der Waals surface area contributed by atoms with E-state index in [4.69, 9.17) is 0 Å². The molecular formula is C16H27N5O. The van der Waals surface area contributed by atoms with Gasteiger partial charge in [-0.3, -0.25) is 0 Å². The van der Waals surface area contributed by atoms with Crippen LogP contribution in [0.5, 0.6) is 0 Å². The van der Waals surface area contributed by atoms with Gasteiger partial charge in [-0.1, -0.05) is 0 Å². The number of hydrogen-bond donors (Lipinski definition) is 1. The van der Waals surface area contributed by atoms with Crippen LogP contribution in [0.4, 0.5) is 5.95 Å². The number of likely N-dealkylation sites (N-methyl/N-ethyl adjacent to an activating group) is 1. The zero-order valence-electron chi connectivity index (χ0n) is 13.4. The van der Waals surface area contributed by atoms with Gasteiger partial charge < -0.3 is 19.8 Å². The quantitative estimate of drug-likeness (QED) is 0.855. The van der Waals surface area contributed by atoms with Gasteiger partial charge in [-0.05, 0) is 38.5 Å². The van der Waals surface area contributed by atoms with Gasteiger partial charge in [0.05, 0.1) is 0 Å². The van der Waals surface area contributed by atoms with Gasteiger partial charge in [-0.15, -0.1) is 0 Å². The lowest BCUT2D eigenvalue weighted by molar-refractivity contribution is 0.165. The standard InChI is InChI=1S/C16H27N5O/c1-19-6-3-7-20(9-8-19)10-14-11-21(12-15(14)13-22)16-17-4-2-5-18-16/h2,4-5,14-15,22H,3,6-13H2,1H3/t14-,15-/m1/s1. The number of aliphatic hydroxyl groups excluding tert-OH is 1. The second-order valence-electron chi connectivity index (χ2n) is 6.61. The summed E-state index contributed by atoms with van der Waals surface area (Å²) in [6.45, 7) is 7.76. The van der Waals surface area contributed by atoms with Crippen LogP contribution in [0.15, 0.2) is 18.5 Å². The lowest BCUT2D eigenvalue weighted by Crippen LogP contribution is -2.36. The van der Waals surface area contributed by atoms with Gasteiger partial charge in [-0.25, -0.2) is 9.97 Å². The van der Waals surface area contributed by atoms with Crippen molar-refractivity contribution in [1.82, 2.24) is 19.8 Å². The third-order valence-electron chi connectivity index (χ3n) is 4.95. The highest BCUT2D eigenvalue weighted by atomic mass is 16.3. The Hall–Kier alpha value is -1.24. The molecule has 0 amide bonds. The van der Waals surface area contributed by atoms with Crippen LogP contribution in [-0.2, 0) is 0 Å². The molecule has 2 aliphatic heterocycles. The van der Waals surface area contributed by atoms with E-state index < -0.39 is 0 Å². The first-order chi connectivity index (χ1) is 10.8. The maximum atomic E-state index is 9.73. The largest absolute Gasteiger partial charge is 0.396 e. The molecule has 2 saturated heterocycles. The van der Waals surface area contributed by atoms with Gasteiger partial charge in [0, 0.05) is 57.6 Å². The molecule has 0 radical (unpaired) electrons. The molecule has 3 rings (SSSR count). The van der Waals surface area contributed by atoms with Crippen LogP contribution in [0.25, 0.3) is 0 Å². The normalized spacial score (nSPS) is 28.0. The minimum Gasteiger partial charge on any atom is -0.396 e. The van der Waals surface area contributed by atoms with Gasteiger partial charge in [-0.2, -0.15) is 0 Å². The highest BCUT2D eigenvalue weighted by molar-refractivity contribution is 5.31. The van der Waals surface area contributed by atoms with Crippen molar-refractivity contribution in [2.75, 3.05) is 64.4 Å². The van der Waals surface area contributed by atoms with Crippen molar-refractivity contribution in [2.24, 2.45) is 11.8 Å². The third kappa shape index (κ3) is 3.74. The predicted octanol–water partition coefficient (Wildman–Crippen LogP) is 0.159. The van der Waals surface area contributed by atoms with E-state index in [2.05, 4.69) is 31.7 Å². The first-order valence-electron chi connectivity index (χ1n) is 8.30. The maximum Gasteiger partial charge on any atom is 0.225 e. The monoisotopic (exact) mass is 305 g/mol. The fourth-order valence-corrected chi connectivity index (χ4v) is 3.58. The van der Waals surface area contributed by atoms with Gasteiger partial charge in [0.25, 0.3) is 0 Å². The molecule has 6 heteroatoms. The summed E-state index contributed by atoms with van der Waals surface area (Å²) >= 11 is 0. The smallest absolute Gasteiger partial charge is 0.225 e. The van der Waals surface area contributed by atoms with Gasteiger partial charge in [0.15, 0.2) is 0 Å². The Bertz CT molecular complexity index is 457. The molecule has 2 aliphatic rings. The molecule has 0 spiro atoms. The first kappa shape index (κ1) is 15.6. The molecule has 6 nitrogen and oxygen atoms in total. The van der Waals surface area contributed by atoms with Crippen molar-refractivity contribution in [3.8, 4) is 0 Å². The van der Waals surface area contributed by atoms with Crippen molar-refractivity contribution < 1.29 is 5.11 Å². The minimum absolute atomic E-state index is 0.252. The van der Waals surface area contributed by atoms with E-state index in [1.54, 1.807) is 12.4 Å². The Labute approximate surface area is 132 Å². The van der Waals surface area contributed by atoms with Crippen LogP contribution < -0.4 is 4.90 Å². The highest BCUT2D eigenvalue weighted by Gasteiger charge is 2.34. The zero-order valence-corrected chi connectivity index (χ0v) is 13.4. The summed E-state index contributed by atoms with van der Waals surface area (Å²) in [6, 6.07) is 1.84. The molecule has 0 bridgehead atoms. The van der Waals surface area contributed by atoms with E-state index in [0.29, 0.717) is 11.8 Å². The molecule has 0 aromatic carbocycles. The SMILES string of the molecule is CN1CCCN(C[C@@H]2CN(c3ncccn3)C[C@@H]2CO)CC1. The van der Waals surface area contributed by atoms with E-state index in [1.807, 2.05) is 6.07 Å². The molecule has 2 fully saturated rings. The van der Waals surface area contributed by atoms with E-state index in [0.717, 1.165) is 38.7 Å². The first-order valence-corrected chi connectivity index (χ1v) is 8.30. The lowest BCUT2D eigenvalue weighted by Gasteiger charge is -2.26. The highest BCUT2D eigenvalue weighted by Crippen LogP contribution is 2.26. The molecule has 1 N–H and O–H groups in total. The molecule has 1 aromatic rings. The molecule has 1 aromatic heterocycles. The minimum atomic E-state index is 0.252. The molecule has 0 aliphatic carbocycles. The number of rotatable bonds is 4. The van der Waals surface area contributed by atoms with Gasteiger partial charge >= 0.3 is 0 Å². The Morgan fingerprint density at radius 2 is 1.86 bits per heavy atom. The Morgan fingerprint density at radius 1 is 1.09 bits per heavy atom. The Kier molecular flexibility index (Phi) is 5.23. The van der Waals surface area contributed by atoms with Crippen LogP contribution in [0.2, 0.25) is 0 Å². The maximum absolute atomic E-state index is 9.73. The van der Waals surface area contributed by atoms with Crippen molar-refractivity contribution in [3.63, 3.8) is 0 Å². The van der Waals surface area contributed by atoms with Crippen molar-refractivity contribution >= 4 is 5.95 Å². The van der Waals surface area contributed by atoms with Crippen LogP contribution in [0, 0.1) is 11.8 Å². The van der Waals surface area contributed by atoms with E-state index in [1.165, 1.54) is 19.5 Å². The third-order valence-corrected chi connectivity index (χ3v) is 4.95. The summed E-state index contributed by atoms with van der Waals surface area (Å²) in [7, 11) is 2.20. The summed E-state index contributed by atoms with van der Waals surface area (Å²) in [5.41, 5.74) is 0. The second-order valence-corrected chi connectivity index (χ2v) is 6.61. The predicted molar refractivity (Wildman–Crippen MR) is 86.9 cm³/mol. The lowest BCUT2D eigenvalue weighted by atomic mass is 9.96. The topological polar surface area (TPSA) is 55.7 Å². The van der Waals surface area contributed by atoms with E-state index in [9.17, 15) is 5.11 Å². The summed E-state index contributed by atoms with van der Waals surface area (Å²) in [5, 5.41) is 9.73. The van der Waals surface area contributed by atoms with Crippen molar-refractivity contribution in [3.05, 3.63) is 18.5 Å². The molecule has 3 heterocycles. The average Bonchev–Trinajstić information content (AvgIpc) is 2.85. The van der Waals surface area contributed by atoms with E-state index >= 15 is 0 Å². The Balaban J connectivity index is 1.60. The molecule has 122 valence electrons. The summed E-state index contributed by atoms with van der Waals surface area (Å²) in [4.78, 5) is 15.9. The summed E-state index contributed by atoms with van der Waals surface area (Å²) < 4.78 is 0. The van der Waals surface area contributed by atoms with Crippen molar-refractivity contribution in [2.45, 2.75) is 6.42 Å². The van der Waals surface area contributed by atoms with Crippen LogP contribution in [0.3, 0.4) is 0 Å². The fourth-order valence-electron chi connectivity index (χ4n) is 3.58. The Morgan fingerprint density at radius 3 is 2.64 bits per heavy atom. The fraction of sp³-hybridized carbons (Fsp3) is 0.750. The summed E-state index contributed by atoms with van der Waals surface area (Å²) in [5.74, 6) is 1.61.